The average Bonchev–Trinajstić information content (AvgIpc) is 2.51. The van der Waals surface area contributed by atoms with Gasteiger partial charge in [-0.2, -0.15) is 10.5 Å². The van der Waals surface area contributed by atoms with Crippen LogP contribution in [-0.4, -0.2) is 6.61 Å². The van der Waals surface area contributed by atoms with E-state index in [-0.39, 0.29) is 6.61 Å². The molecular weight excluding hydrogens is 293 g/mol. The minimum atomic E-state index is -1.66. The standard InChI is InChI=1S/C16H17F3N2O/c1-2-3-4-5-6-7-8-22-16-12(10-21)14(18)13(17)11(9-20)15(16)19/h2-8H2,1H3. The van der Waals surface area contributed by atoms with Crippen LogP contribution in [0.15, 0.2) is 0 Å². The third kappa shape index (κ3) is 4.14. The highest BCUT2D eigenvalue weighted by Crippen LogP contribution is 2.30. The van der Waals surface area contributed by atoms with E-state index in [0.29, 0.717) is 6.42 Å². The van der Waals surface area contributed by atoms with E-state index in [1.54, 1.807) is 0 Å². The van der Waals surface area contributed by atoms with Crippen molar-refractivity contribution < 1.29 is 17.9 Å². The quantitative estimate of drug-likeness (QED) is 0.521. The number of rotatable bonds is 8. The molecule has 0 aromatic heterocycles. The molecule has 0 radical (unpaired) electrons. The van der Waals surface area contributed by atoms with E-state index in [4.69, 9.17) is 15.3 Å². The Labute approximate surface area is 127 Å². The molecule has 0 aliphatic heterocycles. The van der Waals surface area contributed by atoms with Crippen molar-refractivity contribution in [3.8, 4) is 17.9 Å². The van der Waals surface area contributed by atoms with Crippen LogP contribution in [-0.2, 0) is 0 Å². The third-order valence-electron chi connectivity index (χ3n) is 3.25. The fraction of sp³-hybridized carbons (Fsp3) is 0.500. The van der Waals surface area contributed by atoms with Gasteiger partial charge in [0.15, 0.2) is 23.2 Å². The van der Waals surface area contributed by atoms with E-state index in [9.17, 15) is 13.2 Å². The Kier molecular flexibility index (Phi) is 7.25. The van der Waals surface area contributed by atoms with E-state index in [2.05, 4.69) is 6.92 Å². The number of hydrogen-bond donors (Lipinski definition) is 0. The van der Waals surface area contributed by atoms with Gasteiger partial charge in [-0.05, 0) is 6.42 Å². The van der Waals surface area contributed by atoms with Crippen molar-refractivity contribution in [2.45, 2.75) is 45.4 Å². The molecule has 0 heterocycles. The summed E-state index contributed by atoms with van der Waals surface area (Å²) in [7, 11) is 0. The molecule has 0 saturated carbocycles. The number of unbranched alkanes of at least 4 members (excludes halogenated alkanes) is 5. The van der Waals surface area contributed by atoms with Gasteiger partial charge in [0.05, 0.1) is 6.61 Å². The van der Waals surface area contributed by atoms with E-state index < -0.39 is 34.3 Å². The van der Waals surface area contributed by atoms with Gasteiger partial charge in [-0.15, -0.1) is 0 Å². The highest BCUT2D eigenvalue weighted by Gasteiger charge is 2.26. The number of nitriles is 2. The summed E-state index contributed by atoms with van der Waals surface area (Å²) < 4.78 is 46.0. The molecule has 0 unspecified atom stereocenters. The smallest absolute Gasteiger partial charge is 0.187 e. The van der Waals surface area contributed by atoms with Gasteiger partial charge in [0.2, 0.25) is 0 Å². The Morgan fingerprint density at radius 1 is 0.818 bits per heavy atom. The van der Waals surface area contributed by atoms with Gasteiger partial charge >= 0.3 is 0 Å². The second kappa shape index (κ2) is 8.94. The molecule has 1 rings (SSSR count). The normalized spacial score (nSPS) is 10.1. The zero-order chi connectivity index (χ0) is 16.5. The van der Waals surface area contributed by atoms with Crippen LogP contribution in [0.5, 0.6) is 5.75 Å². The summed E-state index contributed by atoms with van der Waals surface area (Å²) in [6.45, 7) is 2.18. The molecule has 1 aromatic carbocycles. The lowest BCUT2D eigenvalue weighted by Crippen LogP contribution is -2.07. The van der Waals surface area contributed by atoms with Crippen molar-refractivity contribution in [3.63, 3.8) is 0 Å². The Morgan fingerprint density at radius 3 is 1.95 bits per heavy atom. The first-order valence-corrected chi connectivity index (χ1v) is 7.21. The third-order valence-corrected chi connectivity index (χ3v) is 3.25. The van der Waals surface area contributed by atoms with Gasteiger partial charge in [-0.3, -0.25) is 0 Å². The molecule has 0 bridgehead atoms. The Hall–Kier alpha value is -2.21. The van der Waals surface area contributed by atoms with Crippen molar-refractivity contribution in [2.75, 3.05) is 6.61 Å². The average molecular weight is 310 g/mol. The number of halogens is 3. The zero-order valence-corrected chi connectivity index (χ0v) is 12.4. The van der Waals surface area contributed by atoms with Crippen molar-refractivity contribution in [1.29, 1.82) is 10.5 Å². The molecule has 0 spiro atoms. The van der Waals surface area contributed by atoms with Gasteiger partial charge in [-0.25, -0.2) is 13.2 Å². The molecule has 0 fully saturated rings. The van der Waals surface area contributed by atoms with E-state index in [1.165, 1.54) is 12.1 Å². The predicted octanol–water partition coefficient (Wildman–Crippen LogP) is 4.59. The summed E-state index contributed by atoms with van der Waals surface area (Å²) in [6, 6.07) is 2.62. The summed E-state index contributed by atoms with van der Waals surface area (Å²) in [5.41, 5.74) is -1.92. The summed E-state index contributed by atoms with van der Waals surface area (Å²) in [5, 5.41) is 17.5. The maximum atomic E-state index is 13.9. The predicted molar refractivity (Wildman–Crippen MR) is 74.6 cm³/mol. The van der Waals surface area contributed by atoms with E-state index >= 15 is 0 Å². The summed E-state index contributed by atoms with van der Waals surface area (Å²) in [5.74, 6) is -5.24. The first-order chi connectivity index (χ1) is 10.6. The Bertz CT molecular complexity index is 603. The molecule has 0 saturated heterocycles. The van der Waals surface area contributed by atoms with Crippen molar-refractivity contribution in [3.05, 3.63) is 28.6 Å². The van der Waals surface area contributed by atoms with E-state index in [0.717, 1.165) is 32.1 Å². The van der Waals surface area contributed by atoms with E-state index in [1.807, 2.05) is 0 Å². The van der Waals surface area contributed by atoms with Crippen LogP contribution in [0.2, 0.25) is 0 Å². The molecule has 6 heteroatoms. The lowest BCUT2D eigenvalue weighted by Gasteiger charge is -2.11. The van der Waals surface area contributed by atoms with Gasteiger partial charge in [0, 0.05) is 0 Å². The second-order valence-corrected chi connectivity index (χ2v) is 4.86. The maximum absolute atomic E-state index is 13.9. The molecule has 0 aliphatic carbocycles. The van der Waals surface area contributed by atoms with Crippen LogP contribution in [0, 0.1) is 40.1 Å². The fourth-order valence-corrected chi connectivity index (χ4v) is 2.03. The van der Waals surface area contributed by atoms with Crippen LogP contribution < -0.4 is 4.74 Å². The highest BCUT2D eigenvalue weighted by molar-refractivity contribution is 5.51. The summed E-state index contributed by atoms with van der Waals surface area (Å²) >= 11 is 0. The van der Waals surface area contributed by atoms with Crippen LogP contribution in [0.4, 0.5) is 13.2 Å². The largest absolute Gasteiger partial charge is 0.489 e. The molecular formula is C16H17F3N2O. The molecule has 1 aromatic rings. The number of hydrogen-bond acceptors (Lipinski definition) is 3. The van der Waals surface area contributed by atoms with Crippen molar-refractivity contribution in [2.24, 2.45) is 0 Å². The van der Waals surface area contributed by atoms with Crippen molar-refractivity contribution >= 4 is 0 Å². The molecule has 0 atom stereocenters. The Balaban J connectivity index is 2.77. The maximum Gasteiger partial charge on any atom is 0.187 e. The highest BCUT2D eigenvalue weighted by atomic mass is 19.2. The van der Waals surface area contributed by atoms with Crippen LogP contribution in [0.25, 0.3) is 0 Å². The molecule has 22 heavy (non-hydrogen) atoms. The van der Waals surface area contributed by atoms with Gasteiger partial charge in [0.25, 0.3) is 0 Å². The molecule has 0 amide bonds. The van der Waals surface area contributed by atoms with Gasteiger partial charge in [0.1, 0.15) is 23.3 Å². The zero-order valence-electron chi connectivity index (χ0n) is 12.4. The monoisotopic (exact) mass is 310 g/mol. The topological polar surface area (TPSA) is 56.8 Å². The number of nitrogens with zero attached hydrogens (tertiary/aromatic N) is 2. The lowest BCUT2D eigenvalue weighted by molar-refractivity contribution is 0.285. The molecule has 0 aliphatic rings. The SMILES string of the molecule is CCCCCCCCOc1c(F)c(C#N)c(F)c(F)c1C#N. The Morgan fingerprint density at radius 2 is 1.36 bits per heavy atom. The van der Waals surface area contributed by atoms with Crippen LogP contribution >= 0.6 is 0 Å². The molecule has 3 nitrogen and oxygen atoms in total. The molecule has 118 valence electrons. The van der Waals surface area contributed by atoms with Gasteiger partial charge in [-0.1, -0.05) is 39.0 Å². The first-order valence-electron chi connectivity index (χ1n) is 7.21. The van der Waals surface area contributed by atoms with Crippen LogP contribution in [0.3, 0.4) is 0 Å². The molecule has 0 N–H and O–H groups in total. The summed E-state index contributed by atoms with van der Waals surface area (Å²) in [4.78, 5) is 0. The second-order valence-electron chi connectivity index (χ2n) is 4.86. The fourth-order valence-electron chi connectivity index (χ4n) is 2.03. The number of ether oxygens (including phenoxy) is 1. The minimum absolute atomic E-state index is 0.0770. The summed E-state index contributed by atoms with van der Waals surface area (Å²) in [6.07, 6.45) is 5.83. The van der Waals surface area contributed by atoms with Crippen molar-refractivity contribution in [1.82, 2.24) is 0 Å². The lowest BCUT2D eigenvalue weighted by atomic mass is 10.1. The number of benzene rings is 1. The minimum Gasteiger partial charge on any atom is -0.489 e. The van der Waals surface area contributed by atoms with Gasteiger partial charge < -0.3 is 4.74 Å². The first kappa shape index (κ1) is 17.8. The van der Waals surface area contributed by atoms with Crippen LogP contribution in [0.1, 0.15) is 56.6 Å².